The minimum absolute atomic E-state index is 0.0473. The molecule has 0 spiro atoms. The third kappa shape index (κ3) is 4.30. The van der Waals surface area contributed by atoms with Crippen LogP contribution in [0.5, 0.6) is 11.5 Å². The number of ether oxygens (including phenoxy) is 2. The highest BCUT2D eigenvalue weighted by Gasteiger charge is 2.08. The van der Waals surface area contributed by atoms with Gasteiger partial charge in [-0.15, -0.1) is 10.2 Å². The molecule has 0 saturated heterocycles. The molecule has 1 aromatic heterocycles. The summed E-state index contributed by atoms with van der Waals surface area (Å²) in [5.74, 6) is 1.17. The lowest BCUT2D eigenvalue weighted by atomic mass is 10.2. The summed E-state index contributed by atoms with van der Waals surface area (Å²) in [5, 5.41) is 17.3. The van der Waals surface area contributed by atoms with Gasteiger partial charge >= 0.3 is 0 Å². The van der Waals surface area contributed by atoms with E-state index >= 15 is 0 Å². The second-order valence-electron chi connectivity index (χ2n) is 5.00. The molecule has 0 radical (unpaired) electrons. The Morgan fingerprint density at radius 3 is 2.08 bits per heavy atom. The molecule has 2 aromatic carbocycles. The minimum Gasteiger partial charge on any atom is -0.491 e. The van der Waals surface area contributed by atoms with Crippen LogP contribution in [0.4, 0.5) is 4.39 Å². The molecule has 1 atom stereocenters. The molecule has 24 heavy (non-hydrogen) atoms. The van der Waals surface area contributed by atoms with Gasteiger partial charge in [0.2, 0.25) is 12.3 Å². The molecule has 0 saturated carbocycles. The Hall–Kier alpha value is -2.93. The van der Waals surface area contributed by atoms with Crippen molar-refractivity contribution in [3.63, 3.8) is 0 Å². The zero-order valence-electron chi connectivity index (χ0n) is 12.6. The Labute approximate surface area is 137 Å². The minimum atomic E-state index is -0.814. The monoisotopic (exact) mass is 330 g/mol. The summed E-state index contributed by atoms with van der Waals surface area (Å²) >= 11 is 0. The number of aromatic nitrogens is 2. The fraction of sp³-hybridized carbons (Fsp3) is 0.176. The van der Waals surface area contributed by atoms with Crippen molar-refractivity contribution in [2.24, 2.45) is 0 Å². The summed E-state index contributed by atoms with van der Waals surface area (Å²) in [6, 6.07) is 12.6. The highest BCUT2D eigenvalue weighted by molar-refractivity contribution is 5.53. The molecule has 0 fully saturated rings. The normalized spacial score (nSPS) is 11.9. The van der Waals surface area contributed by atoms with E-state index in [1.54, 1.807) is 24.3 Å². The number of rotatable bonds is 7. The van der Waals surface area contributed by atoms with Gasteiger partial charge in [0.15, 0.2) is 0 Å². The van der Waals surface area contributed by atoms with E-state index in [1.807, 2.05) is 0 Å². The summed E-state index contributed by atoms with van der Waals surface area (Å²) in [7, 11) is 0. The van der Waals surface area contributed by atoms with Gasteiger partial charge in [-0.05, 0) is 48.5 Å². The fourth-order valence-corrected chi connectivity index (χ4v) is 1.96. The van der Waals surface area contributed by atoms with Crippen molar-refractivity contribution in [2.45, 2.75) is 6.10 Å². The quantitative estimate of drug-likeness (QED) is 0.718. The van der Waals surface area contributed by atoms with Crippen LogP contribution in [0.3, 0.4) is 0 Å². The number of benzene rings is 2. The van der Waals surface area contributed by atoms with Gasteiger partial charge in [-0.2, -0.15) is 0 Å². The first-order valence-electron chi connectivity index (χ1n) is 7.26. The van der Waals surface area contributed by atoms with Crippen molar-refractivity contribution in [1.82, 2.24) is 10.2 Å². The van der Waals surface area contributed by atoms with E-state index in [-0.39, 0.29) is 19.0 Å². The van der Waals surface area contributed by atoms with E-state index in [2.05, 4.69) is 10.2 Å². The van der Waals surface area contributed by atoms with Crippen molar-refractivity contribution >= 4 is 0 Å². The third-order valence-electron chi connectivity index (χ3n) is 3.16. The van der Waals surface area contributed by atoms with Crippen LogP contribution in [0.1, 0.15) is 0 Å². The first kappa shape index (κ1) is 15.9. The van der Waals surface area contributed by atoms with Gasteiger partial charge in [0.05, 0.1) is 0 Å². The van der Waals surface area contributed by atoms with Gasteiger partial charge in [0, 0.05) is 5.56 Å². The summed E-state index contributed by atoms with van der Waals surface area (Å²) in [5.41, 5.74) is 0.778. The van der Waals surface area contributed by atoms with Crippen LogP contribution >= 0.6 is 0 Å². The highest BCUT2D eigenvalue weighted by Crippen LogP contribution is 2.20. The number of aliphatic hydroxyl groups is 1. The van der Waals surface area contributed by atoms with E-state index < -0.39 is 6.10 Å². The van der Waals surface area contributed by atoms with Crippen LogP contribution in [0.2, 0.25) is 0 Å². The summed E-state index contributed by atoms with van der Waals surface area (Å²) in [4.78, 5) is 0. The lowest BCUT2D eigenvalue weighted by molar-refractivity contribution is 0.0626. The Bertz CT molecular complexity index is 745. The first-order chi connectivity index (χ1) is 11.7. The maximum atomic E-state index is 12.8. The summed E-state index contributed by atoms with van der Waals surface area (Å²) in [6.45, 7) is 0.118. The molecule has 1 heterocycles. The second-order valence-corrected chi connectivity index (χ2v) is 5.00. The first-order valence-corrected chi connectivity index (χ1v) is 7.26. The summed E-state index contributed by atoms with van der Waals surface area (Å²) in [6.07, 6.45) is 0.447. The Kier molecular flexibility index (Phi) is 5.02. The lowest BCUT2D eigenvalue weighted by Gasteiger charge is -2.13. The second kappa shape index (κ2) is 7.56. The smallest absolute Gasteiger partial charge is 0.247 e. The fourth-order valence-electron chi connectivity index (χ4n) is 1.96. The maximum Gasteiger partial charge on any atom is 0.247 e. The number of halogens is 1. The maximum absolute atomic E-state index is 12.8. The predicted molar refractivity (Wildman–Crippen MR) is 83.1 cm³/mol. The molecule has 0 aliphatic carbocycles. The largest absolute Gasteiger partial charge is 0.491 e. The Balaban J connectivity index is 1.45. The van der Waals surface area contributed by atoms with E-state index in [1.165, 1.54) is 30.7 Å². The number of aliphatic hydroxyl groups excluding tert-OH is 1. The van der Waals surface area contributed by atoms with Crippen molar-refractivity contribution in [3.8, 4) is 23.0 Å². The molecule has 3 rings (SSSR count). The number of hydrogen-bond acceptors (Lipinski definition) is 6. The van der Waals surface area contributed by atoms with Crippen LogP contribution in [0, 0.1) is 5.82 Å². The SMILES string of the molecule is O[C@@H](COc1ccc(F)cc1)COc1ccc(-c2nnco2)cc1. The molecular formula is C17H15FN2O4. The molecule has 6 nitrogen and oxygen atoms in total. The van der Waals surface area contributed by atoms with Crippen molar-refractivity contribution < 1.29 is 23.4 Å². The zero-order chi connectivity index (χ0) is 16.8. The van der Waals surface area contributed by atoms with Crippen LogP contribution in [0.15, 0.2) is 59.3 Å². The van der Waals surface area contributed by atoms with Gasteiger partial charge < -0.3 is 19.0 Å². The average molecular weight is 330 g/mol. The van der Waals surface area contributed by atoms with Crippen molar-refractivity contribution in [3.05, 3.63) is 60.7 Å². The molecule has 0 unspecified atom stereocenters. The van der Waals surface area contributed by atoms with Gasteiger partial charge in [0.1, 0.15) is 36.6 Å². The molecular weight excluding hydrogens is 315 g/mol. The van der Waals surface area contributed by atoms with Gasteiger partial charge in [-0.3, -0.25) is 0 Å². The Morgan fingerprint density at radius 2 is 1.54 bits per heavy atom. The summed E-state index contributed by atoms with van der Waals surface area (Å²) < 4.78 is 28.7. The number of nitrogens with zero attached hydrogens (tertiary/aromatic N) is 2. The third-order valence-corrected chi connectivity index (χ3v) is 3.16. The van der Waals surface area contributed by atoms with Crippen molar-refractivity contribution in [1.29, 1.82) is 0 Å². The van der Waals surface area contributed by atoms with Crippen molar-refractivity contribution in [2.75, 3.05) is 13.2 Å². The van der Waals surface area contributed by atoms with E-state index in [9.17, 15) is 9.50 Å². The molecule has 1 N–H and O–H groups in total. The average Bonchev–Trinajstić information content (AvgIpc) is 3.14. The van der Waals surface area contributed by atoms with Crippen LogP contribution in [-0.4, -0.2) is 34.6 Å². The van der Waals surface area contributed by atoms with E-state index in [0.29, 0.717) is 17.4 Å². The van der Waals surface area contributed by atoms with E-state index in [0.717, 1.165) is 5.56 Å². The van der Waals surface area contributed by atoms with E-state index in [4.69, 9.17) is 13.9 Å². The number of hydrogen-bond donors (Lipinski definition) is 1. The molecule has 124 valence electrons. The topological polar surface area (TPSA) is 77.6 Å². The van der Waals surface area contributed by atoms with Crippen LogP contribution < -0.4 is 9.47 Å². The predicted octanol–water partition coefficient (Wildman–Crippen LogP) is 2.69. The molecule has 0 amide bonds. The Morgan fingerprint density at radius 1 is 0.958 bits per heavy atom. The molecule has 0 aliphatic rings. The van der Waals surface area contributed by atoms with Crippen LogP contribution in [0.25, 0.3) is 11.5 Å². The zero-order valence-corrected chi connectivity index (χ0v) is 12.6. The lowest BCUT2D eigenvalue weighted by Crippen LogP contribution is -2.25. The standard InChI is InChI=1S/C17H15FN2O4/c18-13-3-7-16(8-4-13)23-10-14(21)9-22-15-5-1-12(2-6-15)17-20-19-11-24-17/h1-8,11,14,21H,9-10H2/t14-/m1/s1. The molecule has 0 bridgehead atoms. The van der Waals surface area contributed by atoms with Gasteiger partial charge in [-0.25, -0.2) is 4.39 Å². The molecule has 3 aromatic rings. The van der Waals surface area contributed by atoms with Gasteiger partial charge in [0.25, 0.3) is 0 Å². The highest BCUT2D eigenvalue weighted by atomic mass is 19.1. The molecule has 7 heteroatoms. The van der Waals surface area contributed by atoms with Gasteiger partial charge in [-0.1, -0.05) is 0 Å². The molecule has 0 aliphatic heterocycles. The van der Waals surface area contributed by atoms with Crippen LogP contribution in [-0.2, 0) is 0 Å².